The maximum Gasteiger partial charge on any atom is 0.449 e. The van der Waals surface area contributed by atoms with E-state index in [4.69, 9.17) is 23.2 Å². The summed E-state index contributed by atoms with van der Waals surface area (Å²) in [5.41, 5.74) is 0.353. The van der Waals surface area contributed by atoms with E-state index in [1.54, 1.807) is 0 Å². The highest BCUT2D eigenvalue weighted by atomic mass is 35.5. The molecule has 2 aromatic rings. The fraction of sp³-hybridized carbons (Fsp3) is 0.222. The maximum absolute atomic E-state index is 12.6. The molecule has 1 aromatic heterocycles. The molecule has 0 aliphatic carbocycles. The quantitative estimate of drug-likeness (QED) is 0.709. The molecule has 0 spiro atoms. The van der Waals surface area contributed by atoms with Crippen LogP contribution in [-0.4, -0.2) is 9.55 Å². The molecule has 0 radical (unpaired) electrons. The Morgan fingerprint density at radius 1 is 1.25 bits per heavy atom. The van der Waals surface area contributed by atoms with Gasteiger partial charge >= 0.3 is 6.18 Å². The monoisotopic (exact) mass is 268 g/mol. The molecule has 0 saturated heterocycles. The molecule has 1 heterocycles. The van der Waals surface area contributed by atoms with Gasteiger partial charge in [-0.15, -0.1) is 0 Å². The summed E-state index contributed by atoms with van der Waals surface area (Å²) < 4.78 is 38.6. The summed E-state index contributed by atoms with van der Waals surface area (Å²) in [6.45, 7) is 0. The minimum absolute atomic E-state index is 0.132. The third kappa shape index (κ3) is 1.74. The van der Waals surface area contributed by atoms with E-state index in [1.165, 1.54) is 19.2 Å². The van der Waals surface area contributed by atoms with Crippen molar-refractivity contribution in [1.29, 1.82) is 0 Å². The van der Waals surface area contributed by atoms with Crippen LogP contribution in [0, 0.1) is 0 Å². The van der Waals surface area contributed by atoms with Crippen LogP contribution in [0.4, 0.5) is 13.2 Å². The molecule has 2 nitrogen and oxygen atoms in total. The fourth-order valence-electron chi connectivity index (χ4n) is 1.52. The molecule has 0 aliphatic rings. The first kappa shape index (κ1) is 11.5. The predicted molar refractivity (Wildman–Crippen MR) is 55.7 cm³/mol. The van der Waals surface area contributed by atoms with Crippen LogP contribution in [0.15, 0.2) is 12.1 Å². The Morgan fingerprint density at radius 3 is 2.44 bits per heavy atom. The van der Waals surface area contributed by atoms with Gasteiger partial charge in [0, 0.05) is 12.1 Å². The van der Waals surface area contributed by atoms with Crippen LogP contribution in [0.1, 0.15) is 5.82 Å². The van der Waals surface area contributed by atoms with Gasteiger partial charge in [-0.2, -0.15) is 13.2 Å². The Kier molecular flexibility index (Phi) is 2.55. The molecule has 0 fully saturated rings. The van der Waals surface area contributed by atoms with E-state index in [9.17, 15) is 13.2 Å². The highest BCUT2D eigenvalue weighted by molar-refractivity contribution is 6.38. The van der Waals surface area contributed by atoms with E-state index < -0.39 is 12.0 Å². The minimum atomic E-state index is -4.51. The van der Waals surface area contributed by atoms with E-state index in [2.05, 4.69) is 4.98 Å². The van der Waals surface area contributed by atoms with Gasteiger partial charge in [0.25, 0.3) is 0 Å². The van der Waals surface area contributed by atoms with Gasteiger partial charge in [0.05, 0.1) is 16.1 Å². The standard InChI is InChI=1S/C9H5Cl2F3N2/c1-16-7-5(11)2-4(10)3-6(7)15-8(16)9(12,13)14/h2-3H,1H3. The lowest BCUT2D eigenvalue weighted by Gasteiger charge is -2.05. The average molecular weight is 269 g/mol. The summed E-state index contributed by atoms with van der Waals surface area (Å²) >= 11 is 11.5. The summed E-state index contributed by atoms with van der Waals surface area (Å²) in [6.07, 6.45) is -4.51. The Balaban J connectivity index is 2.83. The summed E-state index contributed by atoms with van der Waals surface area (Å²) in [7, 11) is 1.26. The summed E-state index contributed by atoms with van der Waals surface area (Å²) in [5, 5.41) is 0.400. The smallest absolute Gasteiger partial charge is 0.322 e. The van der Waals surface area contributed by atoms with E-state index in [0.29, 0.717) is 0 Å². The second-order valence-electron chi connectivity index (χ2n) is 3.25. The van der Waals surface area contributed by atoms with Crippen LogP contribution in [0.5, 0.6) is 0 Å². The van der Waals surface area contributed by atoms with Crippen molar-refractivity contribution >= 4 is 34.2 Å². The predicted octanol–water partition coefficient (Wildman–Crippen LogP) is 3.90. The largest absolute Gasteiger partial charge is 0.449 e. The maximum atomic E-state index is 12.6. The number of rotatable bonds is 0. The van der Waals surface area contributed by atoms with Crippen LogP contribution in [0.25, 0.3) is 11.0 Å². The highest BCUT2D eigenvalue weighted by Gasteiger charge is 2.37. The SMILES string of the molecule is Cn1c(C(F)(F)F)nc2cc(Cl)cc(Cl)c21. The van der Waals surface area contributed by atoms with Crippen molar-refractivity contribution in [3.63, 3.8) is 0 Å². The Labute approximate surface area is 98.6 Å². The van der Waals surface area contributed by atoms with Crippen molar-refractivity contribution in [2.75, 3.05) is 0 Å². The first-order valence-corrected chi connectivity index (χ1v) is 4.95. The third-order valence-corrected chi connectivity index (χ3v) is 2.65. The zero-order valence-electron chi connectivity index (χ0n) is 7.94. The van der Waals surface area contributed by atoms with Gasteiger partial charge < -0.3 is 4.57 Å². The molecule has 0 N–H and O–H groups in total. The van der Waals surface area contributed by atoms with E-state index in [1.807, 2.05) is 0 Å². The van der Waals surface area contributed by atoms with Gasteiger partial charge in [-0.05, 0) is 12.1 Å². The molecule has 1 aromatic carbocycles. The van der Waals surface area contributed by atoms with Crippen molar-refractivity contribution in [3.05, 3.63) is 28.0 Å². The Hall–Kier alpha value is -0.940. The molecule has 0 bridgehead atoms. The number of fused-ring (bicyclic) bond motifs is 1. The van der Waals surface area contributed by atoms with Gasteiger partial charge in [-0.25, -0.2) is 4.98 Å². The number of nitrogens with zero attached hydrogens (tertiary/aromatic N) is 2. The van der Waals surface area contributed by atoms with Crippen molar-refractivity contribution < 1.29 is 13.2 Å². The number of alkyl halides is 3. The van der Waals surface area contributed by atoms with Crippen LogP contribution in [-0.2, 0) is 13.2 Å². The first-order valence-electron chi connectivity index (χ1n) is 4.19. The highest BCUT2D eigenvalue weighted by Crippen LogP contribution is 2.34. The lowest BCUT2D eigenvalue weighted by Crippen LogP contribution is -2.12. The molecule has 2 rings (SSSR count). The zero-order chi connectivity index (χ0) is 12.1. The molecule has 7 heteroatoms. The van der Waals surface area contributed by atoms with E-state index in [0.717, 1.165) is 4.57 Å². The van der Waals surface area contributed by atoms with Crippen molar-refractivity contribution in [2.24, 2.45) is 7.05 Å². The molecule has 86 valence electrons. The molecular weight excluding hydrogens is 264 g/mol. The normalized spacial score (nSPS) is 12.4. The number of aromatic nitrogens is 2. The minimum Gasteiger partial charge on any atom is -0.322 e. The van der Waals surface area contributed by atoms with Gasteiger partial charge in [0.2, 0.25) is 5.82 Å². The van der Waals surface area contributed by atoms with Gasteiger partial charge in [0.1, 0.15) is 0 Å². The van der Waals surface area contributed by atoms with Crippen molar-refractivity contribution in [1.82, 2.24) is 9.55 Å². The van der Waals surface area contributed by atoms with Crippen molar-refractivity contribution in [2.45, 2.75) is 6.18 Å². The molecule has 0 saturated carbocycles. The second kappa shape index (κ2) is 3.53. The van der Waals surface area contributed by atoms with Gasteiger partial charge in [-0.1, -0.05) is 23.2 Å². The number of hydrogen-bond acceptors (Lipinski definition) is 1. The average Bonchev–Trinajstić information content (AvgIpc) is 2.41. The summed E-state index contributed by atoms with van der Waals surface area (Å²) in [4.78, 5) is 3.47. The first-order chi connectivity index (χ1) is 7.30. The number of benzene rings is 1. The molecular formula is C9H5Cl2F3N2. The molecule has 0 aliphatic heterocycles. The molecule has 16 heavy (non-hydrogen) atoms. The lowest BCUT2D eigenvalue weighted by atomic mass is 10.3. The van der Waals surface area contributed by atoms with Crippen LogP contribution in [0.3, 0.4) is 0 Å². The van der Waals surface area contributed by atoms with Crippen LogP contribution in [0.2, 0.25) is 10.0 Å². The Morgan fingerprint density at radius 2 is 1.88 bits per heavy atom. The number of imidazole rings is 1. The topological polar surface area (TPSA) is 17.8 Å². The number of hydrogen-bond donors (Lipinski definition) is 0. The van der Waals surface area contributed by atoms with Crippen molar-refractivity contribution in [3.8, 4) is 0 Å². The molecule has 0 unspecified atom stereocenters. The third-order valence-electron chi connectivity index (χ3n) is 2.14. The summed E-state index contributed by atoms with van der Waals surface area (Å²) in [6, 6.07) is 2.73. The summed E-state index contributed by atoms with van der Waals surface area (Å²) in [5.74, 6) is -0.994. The number of halogens is 5. The number of aryl methyl sites for hydroxylation is 1. The lowest BCUT2D eigenvalue weighted by molar-refractivity contribution is -0.146. The van der Waals surface area contributed by atoms with Crippen LogP contribution >= 0.6 is 23.2 Å². The van der Waals surface area contributed by atoms with E-state index in [-0.39, 0.29) is 21.1 Å². The van der Waals surface area contributed by atoms with E-state index >= 15 is 0 Å². The zero-order valence-corrected chi connectivity index (χ0v) is 9.45. The second-order valence-corrected chi connectivity index (χ2v) is 4.09. The fourth-order valence-corrected chi connectivity index (χ4v) is 2.13. The molecule has 0 atom stereocenters. The Bertz CT molecular complexity index is 560. The molecule has 0 amide bonds. The van der Waals surface area contributed by atoms with Gasteiger partial charge in [0.15, 0.2) is 0 Å². The van der Waals surface area contributed by atoms with Gasteiger partial charge in [-0.3, -0.25) is 0 Å². The van der Waals surface area contributed by atoms with Crippen LogP contribution < -0.4 is 0 Å².